The number of nitrogens with zero attached hydrogens (tertiary/aromatic N) is 1. The Morgan fingerprint density at radius 3 is 2.62 bits per heavy atom. The number of hydrogen-bond donors (Lipinski definition) is 1. The molecule has 1 heterocycles. The maximum atomic E-state index is 13.0. The summed E-state index contributed by atoms with van der Waals surface area (Å²) in [5.41, 5.74) is -0.847. The van der Waals surface area contributed by atoms with Crippen LogP contribution in [-0.4, -0.2) is 21.5 Å². The summed E-state index contributed by atoms with van der Waals surface area (Å²) in [6, 6.07) is 3.59. The van der Waals surface area contributed by atoms with Gasteiger partial charge in [-0.05, 0) is 30.4 Å². The van der Waals surface area contributed by atoms with Crippen molar-refractivity contribution in [3.8, 4) is 0 Å². The number of ketones is 1. The van der Waals surface area contributed by atoms with Crippen molar-refractivity contribution in [2.24, 2.45) is 16.2 Å². The van der Waals surface area contributed by atoms with Crippen LogP contribution in [0.5, 0.6) is 0 Å². The van der Waals surface area contributed by atoms with Gasteiger partial charge in [-0.1, -0.05) is 36.7 Å². The average Bonchev–Trinajstić information content (AvgIpc) is 2.72. The number of rotatable bonds is 2. The molecule has 3 unspecified atom stereocenters. The first-order valence-corrected chi connectivity index (χ1v) is 8.09. The highest BCUT2D eigenvalue weighted by atomic mass is 79.9. The molecule has 2 bridgehead atoms. The van der Waals surface area contributed by atoms with Crippen molar-refractivity contribution in [1.29, 1.82) is 0 Å². The molecule has 3 atom stereocenters. The summed E-state index contributed by atoms with van der Waals surface area (Å²) in [6.07, 6.45) is 4.78. The monoisotopic (exact) mass is 350 g/mol. The molecule has 2 fully saturated rings. The number of halogens is 1. The van der Waals surface area contributed by atoms with E-state index in [1.165, 1.54) is 0 Å². The van der Waals surface area contributed by atoms with Crippen LogP contribution in [0.2, 0.25) is 0 Å². The molecule has 112 valence electrons. The van der Waals surface area contributed by atoms with Gasteiger partial charge in [-0.15, -0.1) is 0 Å². The minimum atomic E-state index is -0.700. The van der Waals surface area contributed by atoms with Crippen molar-refractivity contribution in [2.45, 2.75) is 38.4 Å². The highest BCUT2D eigenvalue weighted by Gasteiger charge is 2.76. The van der Waals surface area contributed by atoms with Crippen molar-refractivity contribution in [3.05, 3.63) is 24.5 Å². The zero-order chi connectivity index (χ0) is 15.5. The Hall–Kier alpha value is -1.23. The van der Waals surface area contributed by atoms with E-state index >= 15 is 0 Å². The van der Waals surface area contributed by atoms with Crippen LogP contribution in [0.3, 0.4) is 0 Å². The molecule has 2 aliphatic carbocycles. The third-order valence-electron chi connectivity index (χ3n) is 6.05. The minimum Gasteiger partial charge on any atom is -0.324 e. The molecule has 0 aliphatic heterocycles. The van der Waals surface area contributed by atoms with E-state index in [9.17, 15) is 9.59 Å². The number of pyridine rings is 1. The Morgan fingerprint density at radius 1 is 1.38 bits per heavy atom. The van der Waals surface area contributed by atoms with Crippen molar-refractivity contribution in [2.75, 3.05) is 5.32 Å². The predicted octanol–water partition coefficient (Wildman–Crippen LogP) is 3.18. The zero-order valence-corrected chi connectivity index (χ0v) is 14.0. The number of amides is 1. The van der Waals surface area contributed by atoms with E-state index < -0.39 is 15.7 Å². The molecule has 1 aromatic rings. The first-order chi connectivity index (χ1) is 9.77. The summed E-state index contributed by atoms with van der Waals surface area (Å²) in [5.74, 6) is 0.0667. The fourth-order valence-corrected chi connectivity index (χ4v) is 5.65. The Kier molecular flexibility index (Phi) is 3.07. The summed E-state index contributed by atoms with van der Waals surface area (Å²) in [6.45, 7) is 6.08. The molecule has 0 saturated heterocycles. The largest absolute Gasteiger partial charge is 0.324 e. The average molecular weight is 351 g/mol. The molecule has 1 aromatic heterocycles. The van der Waals surface area contributed by atoms with Crippen LogP contribution >= 0.6 is 15.9 Å². The van der Waals surface area contributed by atoms with E-state index in [2.05, 4.69) is 26.2 Å². The summed E-state index contributed by atoms with van der Waals surface area (Å²) < 4.78 is 0. The molecular weight excluding hydrogens is 332 g/mol. The van der Waals surface area contributed by atoms with Crippen molar-refractivity contribution >= 4 is 33.3 Å². The number of fused-ring (bicyclic) bond motifs is 2. The molecular formula is C16H19BrN2O2. The van der Waals surface area contributed by atoms with Crippen molar-refractivity contribution < 1.29 is 9.59 Å². The number of alkyl halides is 1. The molecule has 4 nitrogen and oxygen atoms in total. The molecule has 1 amide bonds. The number of aromatic nitrogens is 1. The van der Waals surface area contributed by atoms with Gasteiger partial charge in [0.15, 0.2) is 5.78 Å². The normalized spacial score (nSPS) is 36.8. The van der Waals surface area contributed by atoms with Gasteiger partial charge in [-0.25, -0.2) is 0 Å². The molecule has 0 spiro atoms. The van der Waals surface area contributed by atoms with Gasteiger partial charge >= 0.3 is 0 Å². The Bertz CT molecular complexity index is 616. The van der Waals surface area contributed by atoms with Crippen LogP contribution in [0.4, 0.5) is 5.69 Å². The van der Waals surface area contributed by atoms with Crippen LogP contribution in [-0.2, 0) is 9.59 Å². The number of carbonyl (C=O) groups is 2. The molecule has 2 aliphatic rings. The lowest BCUT2D eigenvalue weighted by molar-refractivity contribution is -0.130. The van der Waals surface area contributed by atoms with Gasteiger partial charge in [0.05, 0.1) is 22.1 Å². The lowest BCUT2D eigenvalue weighted by atomic mass is 9.64. The first kappa shape index (κ1) is 14.7. The van der Waals surface area contributed by atoms with E-state index in [0.29, 0.717) is 5.69 Å². The second kappa shape index (κ2) is 4.38. The van der Waals surface area contributed by atoms with E-state index in [4.69, 9.17) is 0 Å². The quantitative estimate of drug-likeness (QED) is 0.833. The molecule has 0 aromatic carbocycles. The topological polar surface area (TPSA) is 59.1 Å². The number of nitrogens with one attached hydrogen (secondary N) is 1. The van der Waals surface area contributed by atoms with E-state index in [1.54, 1.807) is 18.5 Å². The van der Waals surface area contributed by atoms with Crippen LogP contribution in [0.25, 0.3) is 0 Å². The smallest absolute Gasteiger partial charge is 0.232 e. The summed E-state index contributed by atoms with van der Waals surface area (Å²) in [7, 11) is 0. The van der Waals surface area contributed by atoms with E-state index in [1.807, 2.05) is 26.8 Å². The minimum absolute atomic E-state index is 0.0862. The Balaban J connectivity index is 2.00. The zero-order valence-electron chi connectivity index (χ0n) is 12.4. The Labute approximate surface area is 132 Å². The lowest BCUT2D eigenvalue weighted by Gasteiger charge is -2.39. The molecule has 2 saturated carbocycles. The summed E-state index contributed by atoms with van der Waals surface area (Å²) in [4.78, 5) is 29.2. The molecule has 1 N–H and O–H groups in total. The highest BCUT2D eigenvalue weighted by molar-refractivity contribution is 9.10. The highest BCUT2D eigenvalue weighted by Crippen LogP contribution is 2.72. The van der Waals surface area contributed by atoms with Gasteiger partial charge in [-0.2, -0.15) is 0 Å². The van der Waals surface area contributed by atoms with Gasteiger partial charge in [0.25, 0.3) is 0 Å². The molecule has 5 heteroatoms. The maximum absolute atomic E-state index is 13.0. The number of carbonyl (C=O) groups excluding carboxylic acids is 2. The van der Waals surface area contributed by atoms with Crippen LogP contribution in [0.1, 0.15) is 33.6 Å². The van der Waals surface area contributed by atoms with Gasteiger partial charge in [-0.3, -0.25) is 14.6 Å². The number of hydrogen-bond acceptors (Lipinski definition) is 3. The SMILES string of the molecule is CC12CCC(C(=O)Nc3cccnc3)(C(Br)C1=O)C2(C)C. The Morgan fingerprint density at radius 2 is 2.10 bits per heavy atom. The summed E-state index contributed by atoms with van der Waals surface area (Å²) >= 11 is 3.52. The number of anilines is 1. The molecule has 3 rings (SSSR count). The second-order valence-corrected chi connectivity index (χ2v) is 7.77. The van der Waals surface area contributed by atoms with Crippen molar-refractivity contribution in [3.63, 3.8) is 0 Å². The first-order valence-electron chi connectivity index (χ1n) is 7.17. The van der Waals surface area contributed by atoms with Crippen LogP contribution in [0, 0.1) is 16.2 Å². The van der Waals surface area contributed by atoms with Gasteiger partial charge in [0, 0.05) is 11.6 Å². The van der Waals surface area contributed by atoms with Gasteiger partial charge in [0.2, 0.25) is 5.91 Å². The lowest BCUT2D eigenvalue weighted by Crippen LogP contribution is -2.48. The summed E-state index contributed by atoms with van der Waals surface area (Å²) in [5, 5.41) is 2.94. The second-order valence-electron chi connectivity index (χ2n) is 6.85. The maximum Gasteiger partial charge on any atom is 0.232 e. The molecule has 21 heavy (non-hydrogen) atoms. The third-order valence-corrected chi connectivity index (χ3v) is 7.24. The predicted molar refractivity (Wildman–Crippen MR) is 84.1 cm³/mol. The van der Waals surface area contributed by atoms with Crippen molar-refractivity contribution in [1.82, 2.24) is 4.98 Å². The van der Waals surface area contributed by atoms with Gasteiger partial charge < -0.3 is 5.32 Å². The fourth-order valence-electron chi connectivity index (χ4n) is 4.13. The standard InChI is InChI=1S/C16H19BrN2O2/c1-14(2)15(3)6-7-16(14,11(17)12(15)20)13(21)19-10-5-4-8-18-9-10/h4-5,8-9,11H,6-7H2,1-3H3,(H,19,21). The van der Waals surface area contributed by atoms with E-state index in [0.717, 1.165) is 12.8 Å². The van der Waals surface area contributed by atoms with Crippen LogP contribution in [0.15, 0.2) is 24.5 Å². The van der Waals surface area contributed by atoms with Gasteiger partial charge in [0.1, 0.15) is 0 Å². The molecule has 0 radical (unpaired) electrons. The number of Topliss-reactive ketones (excluding diaryl/α,β-unsaturated/α-hetero) is 1. The third kappa shape index (κ3) is 1.58. The fraction of sp³-hybridized carbons (Fsp3) is 0.562. The van der Waals surface area contributed by atoms with Crippen LogP contribution < -0.4 is 5.32 Å². The van der Waals surface area contributed by atoms with E-state index in [-0.39, 0.29) is 17.1 Å².